The summed E-state index contributed by atoms with van der Waals surface area (Å²) >= 11 is 7.12. The Kier molecular flexibility index (Phi) is 9.20. The zero-order chi connectivity index (χ0) is 22.1. The highest BCUT2D eigenvalue weighted by molar-refractivity contribution is 8.00. The van der Waals surface area contributed by atoms with E-state index in [2.05, 4.69) is 10.6 Å². The summed E-state index contributed by atoms with van der Waals surface area (Å²) in [7, 11) is 0. The average Bonchev–Trinajstić information content (AvgIpc) is 2.70. The second-order valence-corrected chi connectivity index (χ2v) is 8.38. The fourth-order valence-electron chi connectivity index (χ4n) is 2.59. The lowest BCUT2D eigenvalue weighted by atomic mass is 10.1. The quantitative estimate of drug-likeness (QED) is 0.447. The molecule has 0 aliphatic heterocycles. The highest BCUT2D eigenvalue weighted by Gasteiger charge is 2.17. The first-order valence-corrected chi connectivity index (χ1v) is 10.9. The predicted octanol–water partition coefficient (Wildman–Crippen LogP) is 3.99. The third-order valence-electron chi connectivity index (χ3n) is 4.00. The molecule has 160 valence electrons. The first-order chi connectivity index (χ1) is 14.3. The van der Waals surface area contributed by atoms with Crippen molar-refractivity contribution in [2.75, 3.05) is 12.4 Å². The predicted molar refractivity (Wildman–Crippen MR) is 119 cm³/mol. The van der Waals surface area contributed by atoms with Crippen molar-refractivity contribution in [3.05, 3.63) is 64.7 Å². The van der Waals surface area contributed by atoms with Crippen LogP contribution in [0.15, 0.2) is 53.4 Å². The summed E-state index contributed by atoms with van der Waals surface area (Å²) in [5.74, 6) is -0.959. The van der Waals surface area contributed by atoms with Crippen molar-refractivity contribution in [1.29, 1.82) is 0 Å². The van der Waals surface area contributed by atoms with Gasteiger partial charge in [0.25, 0.3) is 5.91 Å². The molecule has 0 saturated heterocycles. The Labute approximate surface area is 185 Å². The molecule has 2 aromatic carbocycles. The van der Waals surface area contributed by atoms with Crippen LogP contribution in [0.3, 0.4) is 0 Å². The zero-order valence-corrected chi connectivity index (χ0v) is 18.7. The highest BCUT2D eigenvalue weighted by Crippen LogP contribution is 2.23. The molecule has 0 heterocycles. The van der Waals surface area contributed by atoms with Gasteiger partial charge in [-0.1, -0.05) is 35.9 Å². The molecule has 0 aliphatic carbocycles. The van der Waals surface area contributed by atoms with Crippen LogP contribution < -0.4 is 10.6 Å². The van der Waals surface area contributed by atoms with E-state index in [1.54, 1.807) is 36.4 Å². The van der Waals surface area contributed by atoms with Gasteiger partial charge in [-0.2, -0.15) is 0 Å². The van der Waals surface area contributed by atoms with Crippen LogP contribution in [-0.2, 0) is 14.3 Å². The molecule has 8 heteroatoms. The van der Waals surface area contributed by atoms with E-state index in [0.29, 0.717) is 15.5 Å². The summed E-state index contributed by atoms with van der Waals surface area (Å²) in [5.41, 5.74) is 1.21. The maximum absolute atomic E-state index is 12.5. The Morgan fingerprint density at radius 1 is 0.967 bits per heavy atom. The van der Waals surface area contributed by atoms with Crippen LogP contribution in [0.1, 0.15) is 42.7 Å². The monoisotopic (exact) mass is 448 g/mol. The SMILES string of the molecule is CC(C)NC(=O)CSc1ccccc1C(=O)OCC(=O)NC(C)c1ccc(Cl)cc1. The van der Waals surface area contributed by atoms with Gasteiger partial charge < -0.3 is 15.4 Å². The number of rotatable bonds is 9. The molecule has 2 aromatic rings. The van der Waals surface area contributed by atoms with Crippen molar-refractivity contribution < 1.29 is 19.1 Å². The third-order valence-corrected chi connectivity index (χ3v) is 5.32. The Balaban J connectivity index is 1.89. The maximum Gasteiger partial charge on any atom is 0.339 e. The van der Waals surface area contributed by atoms with Crippen LogP contribution in [0.25, 0.3) is 0 Å². The van der Waals surface area contributed by atoms with E-state index in [9.17, 15) is 14.4 Å². The molecule has 0 fully saturated rings. The second kappa shape index (κ2) is 11.6. The Bertz CT molecular complexity index is 887. The van der Waals surface area contributed by atoms with E-state index in [1.807, 2.05) is 32.9 Å². The van der Waals surface area contributed by atoms with Crippen LogP contribution >= 0.6 is 23.4 Å². The first kappa shape index (κ1) is 23.8. The van der Waals surface area contributed by atoms with Crippen LogP contribution in [0.5, 0.6) is 0 Å². The average molecular weight is 449 g/mol. The fraction of sp³-hybridized carbons (Fsp3) is 0.318. The van der Waals surface area contributed by atoms with Crippen molar-refractivity contribution >= 4 is 41.1 Å². The molecule has 0 aliphatic rings. The summed E-state index contributed by atoms with van der Waals surface area (Å²) in [4.78, 5) is 37.1. The number of thioether (sulfide) groups is 1. The molecular weight excluding hydrogens is 424 g/mol. The number of esters is 1. The van der Waals surface area contributed by atoms with Gasteiger partial charge in [0.15, 0.2) is 6.61 Å². The van der Waals surface area contributed by atoms with Crippen molar-refractivity contribution in [2.24, 2.45) is 0 Å². The van der Waals surface area contributed by atoms with Crippen LogP contribution in [0.4, 0.5) is 0 Å². The van der Waals surface area contributed by atoms with E-state index in [0.717, 1.165) is 5.56 Å². The normalized spacial score (nSPS) is 11.6. The maximum atomic E-state index is 12.5. The van der Waals surface area contributed by atoms with Crippen LogP contribution in [0.2, 0.25) is 5.02 Å². The van der Waals surface area contributed by atoms with E-state index >= 15 is 0 Å². The molecule has 0 aromatic heterocycles. The van der Waals surface area contributed by atoms with E-state index in [1.165, 1.54) is 11.8 Å². The number of hydrogen-bond acceptors (Lipinski definition) is 5. The van der Waals surface area contributed by atoms with Gasteiger partial charge in [-0.15, -0.1) is 11.8 Å². The van der Waals surface area contributed by atoms with Gasteiger partial charge in [-0.05, 0) is 50.6 Å². The van der Waals surface area contributed by atoms with Gasteiger partial charge in [0, 0.05) is 16.0 Å². The van der Waals surface area contributed by atoms with Crippen molar-refractivity contribution in [3.8, 4) is 0 Å². The molecule has 1 atom stereocenters. The number of benzene rings is 2. The molecule has 1 unspecified atom stereocenters. The molecule has 0 radical (unpaired) electrons. The second-order valence-electron chi connectivity index (χ2n) is 6.92. The number of halogens is 1. The van der Waals surface area contributed by atoms with Gasteiger partial charge in [-0.3, -0.25) is 9.59 Å². The molecule has 2 rings (SSSR count). The van der Waals surface area contributed by atoms with Crippen LogP contribution in [-0.4, -0.2) is 36.2 Å². The van der Waals surface area contributed by atoms with E-state index < -0.39 is 18.5 Å². The largest absolute Gasteiger partial charge is 0.452 e. The Hall–Kier alpha value is -2.51. The summed E-state index contributed by atoms with van der Waals surface area (Å²) < 4.78 is 5.17. The number of ether oxygens (including phenoxy) is 1. The molecule has 0 bridgehead atoms. The van der Waals surface area contributed by atoms with Crippen molar-refractivity contribution in [3.63, 3.8) is 0 Å². The number of hydrogen-bond donors (Lipinski definition) is 2. The minimum Gasteiger partial charge on any atom is -0.452 e. The summed E-state index contributed by atoms with van der Waals surface area (Å²) in [5, 5.41) is 6.19. The number of amides is 2. The highest BCUT2D eigenvalue weighted by atomic mass is 35.5. The smallest absolute Gasteiger partial charge is 0.339 e. The molecule has 30 heavy (non-hydrogen) atoms. The Morgan fingerprint density at radius 2 is 1.63 bits per heavy atom. The third kappa shape index (κ3) is 7.72. The zero-order valence-electron chi connectivity index (χ0n) is 17.1. The number of carbonyl (C=O) groups is 3. The van der Waals surface area contributed by atoms with Gasteiger partial charge in [0.05, 0.1) is 17.4 Å². The van der Waals surface area contributed by atoms with E-state index in [-0.39, 0.29) is 23.7 Å². The van der Waals surface area contributed by atoms with Gasteiger partial charge in [0.2, 0.25) is 5.91 Å². The fourth-order valence-corrected chi connectivity index (χ4v) is 3.57. The first-order valence-electron chi connectivity index (χ1n) is 9.49. The minimum atomic E-state index is -0.614. The summed E-state index contributed by atoms with van der Waals surface area (Å²) in [6.45, 7) is 5.19. The summed E-state index contributed by atoms with van der Waals surface area (Å²) in [6.07, 6.45) is 0. The van der Waals surface area contributed by atoms with Crippen LogP contribution in [0, 0.1) is 0 Å². The van der Waals surface area contributed by atoms with Crippen molar-refractivity contribution in [2.45, 2.75) is 37.8 Å². The number of carbonyl (C=O) groups excluding carboxylic acids is 3. The lowest BCUT2D eigenvalue weighted by molar-refractivity contribution is -0.125. The molecular formula is C22H25ClN2O4S. The summed E-state index contributed by atoms with van der Waals surface area (Å²) in [6, 6.07) is 13.8. The number of nitrogens with one attached hydrogen (secondary N) is 2. The molecule has 0 saturated carbocycles. The molecule has 0 spiro atoms. The molecule has 2 N–H and O–H groups in total. The molecule has 6 nitrogen and oxygen atoms in total. The van der Waals surface area contributed by atoms with Gasteiger partial charge in [-0.25, -0.2) is 4.79 Å². The van der Waals surface area contributed by atoms with Gasteiger partial charge >= 0.3 is 5.97 Å². The van der Waals surface area contributed by atoms with Gasteiger partial charge in [0.1, 0.15) is 0 Å². The van der Waals surface area contributed by atoms with Crippen molar-refractivity contribution in [1.82, 2.24) is 10.6 Å². The lowest BCUT2D eigenvalue weighted by Gasteiger charge is -2.15. The Morgan fingerprint density at radius 3 is 2.30 bits per heavy atom. The lowest BCUT2D eigenvalue weighted by Crippen LogP contribution is -2.31. The minimum absolute atomic E-state index is 0.0482. The van der Waals surface area contributed by atoms with E-state index in [4.69, 9.17) is 16.3 Å². The topological polar surface area (TPSA) is 84.5 Å². The standard InChI is InChI=1S/C22H25ClN2O4S/c1-14(2)24-21(27)13-30-19-7-5-4-6-18(19)22(28)29-12-20(26)25-15(3)16-8-10-17(23)11-9-16/h4-11,14-15H,12-13H2,1-3H3,(H,24,27)(H,25,26). The molecule has 2 amide bonds.